The number of ketones is 1. The van der Waals surface area contributed by atoms with Gasteiger partial charge in [0.2, 0.25) is 0 Å². The summed E-state index contributed by atoms with van der Waals surface area (Å²) < 4.78 is 37.9. The number of halogens is 3. The lowest BCUT2D eigenvalue weighted by Gasteiger charge is -2.16. The largest absolute Gasteiger partial charge is 0.480 e. The first-order chi connectivity index (χ1) is 7.75. The van der Waals surface area contributed by atoms with Gasteiger partial charge < -0.3 is 5.11 Å². The Hall–Kier alpha value is -1.85. The molecule has 0 aromatic heterocycles. The molecule has 92 valence electrons. The summed E-state index contributed by atoms with van der Waals surface area (Å²) in [7, 11) is 0. The Morgan fingerprint density at radius 2 is 1.76 bits per heavy atom. The van der Waals surface area contributed by atoms with Crippen molar-refractivity contribution in [2.75, 3.05) is 0 Å². The zero-order valence-electron chi connectivity index (χ0n) is 8.78. The molecular formula is C11H9F3O3. The van der Waals surface area contributed by atoms with E-state index in [4.69, 9.17) is 5.11 Å². The monoisotopic (exact) mass is 246 g/mol. The molecular weight excluding hydrogens is 237 g/mol. The van der Waals surface area contributed by atoms with Crippen molar-refractivity contribution < 1.29 is 27.9 Å². The molecule has 6 heteroatoms. The summed E-state index contributed by atoms with van der Waals surface area (Å²) in [6.45, 7) is 0.950. The third-order valence-electron chi connectivity index (χ3n) is 2.23. The molecule has 1 N–H and O–H groups in total. The molecule has 0 aliphatic carbocycles. The van der Waals surface area contributed by atoms with Crippen LogP contribution in [0.1, 0.15) is 24.0 Å². The molecule has 0 aliphatic heterocycles. The molecule has 1 rings (SSSR count). The van der Waals surface area contributed by atoms with E-state index >= 15 is 0 Å². The summed E-state index contributed by atoms with van der Waals surface area (Å²) in [6.07, 6.45) is -4.68. The third kappa shape index (κ3) is 2.83. The molecule has 0 fully saturated rings. The predicted molar refractivity (Wildman–Crippen MR) is 52.5 cm³/mol. The number of carboxylic acids is 1. The fraction of sp³-hybridized carbons (Fsp3) is 0.273. The van der Waals surface area contributed by atoms with Gasteiger partial charge in [-0.1, -0.05) is 18.2 Å². The lowest BCUT2D eigenvalue weighted by atomic mass is 9.91. The first kappa shape index (κ1) is 13.2. The van der Waals surface area contributed by atoms with E-state index in [-0.39, 0.29) is 0 Å². The van der Waals surface area contributed by atoms with E-state index in [0.29, 0.717) is 0 Å². The molecule has 1 aromatic carbocycles. The third-order valence-corrected chi connectivity index (χ3v) is 2.23. The highest BCUT2D eigenvalue weighted by Gasteiger charge is 2.38. The van der Waals surface area contributed by atoms with Gasteiger partial charge in [-0.2, -0.15) is 13.2 Å². The number of carbonyl (C=O) groups excluding carboxylic acids is 1. The highest BCUT2D eigenvalue weighted by molar-refractivity contribution is 6.02. The van der Waals surface area contributed by atoms with Crippen molar-refractivity contribution in [1.82, 2.24) is 0 Å². The lowest BCUT2D eigenvalue weighted by Crippen LogP contribution is -2.23. The molecule has 0 saturated carbocycles. The summed E-state index contributed by atoms with van der Waals surface area (Å²) in [5.41, 5.74) is -1.62. The van der Waals surface area contributed by atoms with Gasteiger partial charge in [0.1, 0.15) is 11.7 Å². The van der Waals surface area contributed by atoms with Gasteiger partial charge >= 0.3 is 12.1 Å². The molecule has 1 atom stereocenters. The van der Waals surface area contributed by atoms with Crippen LogP contribution in [0.4, 0.5) is 13.2 Å². The van der Waals surface area contributed by atoms with Crippen molar-refractivity contribution >= 4 is 11.8 Å². The average Bonchev–Trinajstić information content (AvgIpc) is 2.15. The maximum atomic E-state index is 12.6. The highest BCUT2D eigenvalue weighted by atomic mass is 19.4. The van der Waals surface area contributed by atoms with Gasteiger partial charge in [-0.15, -0.1) is 0 Å². The van der Waals surface area contributed by atoms with E-state index in [2.05, 4.69) is 0 Å². The maximum absolute atomic E-state index is 12.6. The van der Waals surface area contributed by atoms with Crippen LogP contribution in [0.5, 0.6) is 0 Å². The number of Topliss-reactive ketones (excluding diaryl/α,β-unsaturated/α-hetero) is 1. The van der Waals surface area contributed by atoms with Crippen LogP contribution in [0.2, 0.25) is 0 Å². The van der Waals surface area contributed by atoms with Crippen LogP contribution in [-0.4, -0.2) is 16.9 Å². The average molecular weight is 246 g/mol. The minimum Gasteiger partial charge on any atom is -0.480 e. The molecule has 0 aliphatic rings. The van der Waals surface area contributed by atoms with Crippen molar-refractivity contribution in [1.29, 1.82) is 0 Å². The van der Waals surface area contributed by atoms with Gasteiger partial charge in [-0.3, -0.25) is 9.59 Å². The zero-order chi connectivity index (χ0) is 13.2. The van der Waals surface area contributed by atoms with Gasteiger partial charge in [-0.05, 0) is 18.6 Å². The smallest absolute Gasteiger partial charge is 0.416 e. The molecule has 1 unspecified atom stereocenters. The summed E-state index contributed by atoms with van der Waals surface area (Å²) in [4.78, 5) is 21.9. The quantitative estimate of drug-likeness (QED) is 0.833. The number of aliphatic carboxylic acids is 1. The van der Waals surface area contributed by atoms with Gasteiger partial charge in [0, 0.05) is 0 Å². The first-order valence-electron chi connectivity index (χ1n) is 4.64. The Kier molecular flexibility index (Phi) is 3.55. The summed E-state index contributed by atoms with van der Waals surface area (Å²) in [5.74, 6) is -4.21. The number of carboxylic acid groups (broad SMARTS) is 1. The SMILES string of the molecule is CC(=O)C(C(=O)O)c1ccccc1C(F)(F)F. The molecule has 0 heterocycles. The van der Waals surface area contributed by atoms with Crippen LogP contribution in [0.3, 0.4) is 0 Å². The van der Waals surface area contributed by atoms with Crippen LogP contribution in [0.15, 0.2) is 24.3 Å². The van der Waals surface area contributed by atoms with Gasteiger partial charge in [-0.25, -0.2) is 0 Å². The summed E-state index contributed by atoms with van der Waals surface area (Å²) >= 11 is 0. The molecule has 3 nitrogen and oxygen atoms in total. The Labute approximate surface area is 94.9 Å². The topological polar surface area (TPSA) is 54.4 Å². The van der Waals surface area contributed by atoms with Crippen LogP contribution in [0.25, 0.3) is 0 Å². The number of alkyl halides is 3. The predicted octanol–water partition coefficient (Wildman–Crippen LogP) is 2.46. The van der Waals surface area contributed by atoms with Gasteiger partial charge in [0.05, 0.1) is 5.56 Å². The minimum atomic E-state index is -4.68. The zero-order valence-corrected chi connectivity index (χ0v) is 8.78. The van der Waals surface area contributed by atoms with E-state index < -0.39 is 35.0 Å². The fourth-order valence-electron chi connectivity index (χ4n) is 1.53. The Morgan fingerprint density at radius 3 is 2.18 bits per heavy atom. The van der Waals surface area contributed by atoms with Crippen molar-refractivity contribution in [2.24, 2.45) is 0 Å². The molecule has 0 saturated heterocycles. The van der Waals surface area contributed by atoms with E-state index in [1.54, 1.807) is 0 Å². The van der Waals surface area contributed by atoms with Crippen LogP contribution in [0, 0.1) is 0 Å². The van der Waals surface area contributed by atoms with E-state index in [1.807, 2.05) is 0 Å². The van der Waals surface area contributed by atoms with Gasteiger partial charge in [0.25, 0.3) is 0 Å². The minimum absolute atomic E-state index is 0.528. The highest BCUT2D eigenvalue weighted by Crippen LogP contribution is 2.35. The fourth-order valence-corrected chi connectivity index (χ4v) is 1.53. The molecule has 0 amide bonds. The summed E-state index contributed by atoms with van der Waals surface area (Å²) in [6, 6.07) is 4.17. The second kappa shape index (κ2) is 4.57. The first-order valence-corrected chi connectivity index (χ1v) is 4.64. The van der Waals surface area contributed by atoms with Crippen LogP contribution in [-0.2, 0) is 15.8 Å². The number of hydrogen-bond acceptors (Lipinski definition) is 2. The van der Waals surface area contributed by atoms with E-state index in [0.717, 1.165) is 25.1 Å². The second-order valence-corrected chi connectivity index (χ2v) is 3.47. The van der Waals surface area contributed by atoms with Crippen LogP contribution >= 0.6 is 0 Å². The number of rotatable bonds is 3. The molecule has 0 bridgehead atoms. The van der Waals surface area contributed by atoms with Gasteiger partial charge in [0.15, 0.2) is 0 Å². The number of benzene rings is 1. The van der Waals surface area contributed by atoms with Crippen molar-refractivity contribution in [3.8, 4) is 0 Å². The molecule has 0 radical (unpaired) electrons. The summed E-state index contributed by atoms with van der Waals surface area (Å²) in [5, 5.41) is 8.80. The van der Waals surface area contributed by atoms with E-state index in [9.17, 15) is 22.8 Å². The molecule has 17 heavy (non-hydrogen) atoms. The standard InChI is InChI=1S/C11H9F3O3/c1-6(15)9(10(16)17)7-4-2-3-5-8(7)11(12,13)14/h2-5,9H,1H3,(H,16,17). The van der Waals surface area contributed by atoms with Crippen molar-refractivity contribution in [2.45, 2.75) is 19.0 Å². The van der Waals surface area contributed by atoms with E-state index in [1.165, 1.54) is 6.07 Å². The second-order valence-electron chi connectivity index (χ2n) is 3.47. The van der Waals surface area contributed by atoms with Crippen LogP contribution < -0.4 is 0 Å². The number of hydrogen-bond donors (Lipinski definition) is 1. The van der Waals surface area contributed by atoms with Crippen molar-refractivity contribution in [3.63, 3.8) is 0 Å². The maximum Gasteiger partial charge on any atom is 0.416 e. The molecule has 0 spiro atoms. The Morgan fingerprint density at radius 1 is 1.24 bits per heavy atom. The number of carbonyl (C=O) groups is 2. The Balaban J connectivity index is 3.39. The van der Waals surface area contributed by atoms with Crippen molar-refractivity contribution in [3.05, 3.63) is 35.4 Å². The normalized spacial score (nSPS) is 13.2. The molecule has 1 aromatic rings. The lowest BCUT2D eigenvalue weighted by molar-refractivity contribution is -0.143. The Bertz CT molecular complexity index is 438.